The highest BCUT2D eigenvalue weighted by molar-refractivity contribution is 5.78. The van der Waals surface area contributed by atoms with Gasteiger partial charge in [-0.05, 0) is 23.3 Å². The molecule has 0 bridgehead atoms. The van der Waals surface area contributed by atoms with E-state index in [2.05, 4.69) is 10.3 Å². The molecule has 6 heteroatoms. The predicted octanol–water partition coefficient (Wildman–Crippen LogP) is 1.93. The molecule has 0 spiro atoms. The quantitative estimate of drug-likeness (QED) is 0.844. The Morgan fingerprint density at radius 1 is 1.21 bits per heavy atom. The molecule has 0 aliphatic rings. The summed E-state index contributed by atoms with van der Waals surface area (Å²) in [4.78, 5) is 29.2. The van der Waals surface area contributed by atoms with E-state index in [9.17, 15) is 14.0 Å². The molecule has 0 saturated carbocycles. The lowest BCUT2D eigenvalue weighted by Crippen LogP contribution is -2.37. The van der Waals surface area contributed by atoms with E-state index in [-0.39, 0.29) is 18.2 Å². The van der Waals surface area contributed by atoms with Gasteiger partial charge in [-0.25, -0.2) is 4.39 Å². The van der Waals surface area contributed by atoms with Crippen molar-refractivity contribution in [3.63, 3.8) is 0 Å². The molecule has 0 unspecified atom stereocenters. The zero-order chi connectivity index (χ0) is 17.4. The van der Waals surface area contributed by atoms with Gasteiger partial charge in [-0.3, -0.25) is 14.6 Å². The van der Waals surface area contributed by atoms with Crippen LogP contribution in [0.15, 0.2) is 48.8 Å². The van der Waals surface area contributed by atoms with Gasteiger partial charge >= 0.3 is 0 Å². The molecular weight excluding hydrogens is 309 g/mol. The first-order valence-electron chi connectivity index (χ1n) is 7.71. The molecule has 0 aliphatic heterocycles. The van der Waals surface area contributed by atoms with Crippen LogP contribution < -0.4 is 5.32 Å². The van der Waals surface area contributed by atoms with E-state index in [0.717, 1.165) is 5.56 Å². The Morgan fingerprint density at radius 3 is 2.67 bits per heavy atom. The maximum atomic E-state index is 13.5. The molecule has 126 valence electrons. The summed E-state index contributed by atoms with van der Waals surface area (Å²) in [6.07, 6.45) is 3.35. The van der Waals surface area contributed by atoms with Crippen molar-refractivity contribution in [2.24, 2.45) is 0 Å². The number of carbonyl (C=O) groups is 2. The van der Waals surface area contributed by atoms with E-state index in [0.29, 0.717) is 25.2 Å². The molecule has 0 radical (unpaired) electrons. The number of nitrogens with zero attached hydrogens (tertiary/aromatic N) is 2. The van der Waals surface area contributed by atoms with Crippen molar-refractivity contribution in [1.29, 1.82) is 0 Å². The van der Waals surface area contributed by atoms with Gasteiger partial charge in [-0.15, -0.1) is 0 Å². The largest absolute Gasteiger partial charge is 0.354 e. The molecule has 0 saturated heterocycles. The molecule has 1 heterocycles. The third-order valence-electron chi connectivity index (χ3n) is 3.55. The Kier molecular flexibility index (Phi) is 6.42. The number of aromatic nitrogens is 1. The van der Waals surface area contributed by atoms with E-state index in [1.165, 1.54) is 13.0 Å². The molecule has 0 aliphatic carbocycles. The van der Waals surface area contributed by atoms with E-state index in [4.69, 9.17) is 0 Å². The Hall–Kier alpha value is -2.76. The minimum absolute atomic E-state index is 0.0185. The maximum absolute atomic E-state index is 13.5. The first-order chi connectivity index (χ1) is 11.6. The highest BCUT2D eigenvalue weighted by Crippen LogP contribution is 2.07. The van der Waals surface area contributed by atoms with E-state index < -0.39 is 5.82 Å². The minimum Gasteiger partial charge on any atom is -0.354 e. The van der Waals surface area contributed by atoms with Crippen molar-refractivity contribution < 1.29 is 14.0 Å². The molecule has 1 aromatic carbocycles. The van der Waals surface area contributed by atoms with Crippen LogP contribution in [0.4, 0.5) is 4.39 Å². The van der Waals surface area contributed by atoms with Gasteiger partial charge in [-0.2, -0.15) is 0 Å². The molecule has 2 amide bonds. The second-order valence-corrected chi connectivity index (χ2v) is 5.42. The van der Waals surface area contributed by atoms with Crippen LogP contribution in [0.1, 0.15) is 18.1 Å². The lowest BCUT2D eigenvalue weighted by Gasteiger charge is -2.21. The van der Waals surface area contributed by atoms with Crippen molar-refractivity contribution in [3.05, 3.63) is 65.7 Å². The highest BCUT2D eigenvalue weighted by atomic mass is 19.1. The maximum Gasteiger partial charge on any atom is 0.224 e. The molecule has 5 nitrogen and oxygen atoms in total. The molecule has 1 aromatic heterocycles. The number of rotatable bonds is 7. The van der Waals surface area contributed by atoms with Crippen LogP contribution >= 0.6 is 0 Å². The van der Waals surface area contributed by atoms with Crippen LogP contribution in [0.25, 0.3) is 0 Å². The number of benzene rings is 1. The van der Waals surface area contributed by atoms with Gasteiger partial charge in [0.25, 0.3) is 0 Å². The van der Waals surface area contributed by atoms with Crippen LogP contribution in [0.3, 0.4) is 0 Å². The average Bonchev–Trinajstić information content (AvgIpc) is 2.57. The number of hydrogen-bond donors (Lipinski definition) is 1. The number of halogens is 1. The van der Waals surface area contributed by atoms with Crippen molar-refractivity contribution in [1.82, 2.24) is 15.2 Å². The SMILES string of the molecule is CC(=O)N(CCNC(=O)Cc1ccccc1F)Cc1cccnc1. The number of nitrogens with one attached hydrogen (secondary N) is 1. The van der Waals surface area contributed by atoms with Crippen LogP contribution in [-0.4, -0.2) is 34.8 Å². The lowest BCUT2D eigenvalue weighted by molar-refractivity contribution is -0.130. The van der Waals surface area contributed by atoms with Gasteiger partial charge in [-0.1, -0.05) is 24.3 Å². The Balaban J connectivity index is 1.81. The van der Waals surface area contributed by atoms with Gasteiger partial charge in [0, 0.05) is 39.0 Å². The zero-order valence-electron chi connectivity index (χ0n) is 13.5. The molecule has 0 atom stereocenters. The van der Waals surface area contributed by atoms with Gasteiger partial charge in [0.15, 0.2) is 0 Å². The van der Waals surface area contributed by atoms with Crippen molar-refractivity contribution >= 4 is 11.8 Å². The highest BCUT2D eigenvalue weighted by Gasteiger charge is 2.11. The van der Waals surface area contributed by atoms with E-state index >= 15 is 0 Å². The summed E-state index contributed by atoms with van der Waals surface area (Å²) in [5, 5.41) is 2.71. The standard InChI is InChI=1S/C18H20FN3O2/c1-14(23)22(13-15-5-4-8-20-12-15)10-9-21-18(24)11-16-6-2-3-7-17(16)19/h2-8,12H,9-11,13H2,1H3,(H,21,24). The summed E-state index contributed by atoms with van der Waals surface area (Å²) in [7, 11) is 0. The predicted molar refractivity (Wildman–Crippen MR) is 88.4 cm³/mol. The molecular formula is C18H20FN3O2. The zero-order valence-corrected chi connectivity index (χ0v) is 13.5. The Morgan fingerprint density at radius 2 is 2.00 bits per heavy atom. The number of pyridine rings is 1. The lowest BCUT2D eigenvalue weighted by atomic mass is 10.1. The third kappa shape index (κ3) is 5.46. The average molecular weight is 329 g/mol. The third-order valence-corrected chi connectivity index (χ3v) is 3.55. The summed E-state index contributed by atoms with van der Waals surface area (Å²) >= 11 is 0. The topological polar surface area (TPSA) is 62.3 Å². The molecule has 2 aromatic rings. The summed E-state index contributed by atoms with van der Waals surface area (Å²) in [6.45, 7) is 2.62. The summed E-state index contributed by atoms with van der Waals surface area (Å²) in [5.74, 6) is -0.748. The summed E-state index contributed by atoms with van der Waals surface area (Å²) in [6, 6.07) is 9.88. The van der Waals surface area contributed by atoms with Crippen molar-refractivity contribution in [2.45, 2.75) is 19.9 Å². The van der Waals surface area contributed by atoms with Crippen LogP contribution in [0, 0.1) is 5.82 Å². The van der Waals surface area contributed by atoms with Crippen LogP contribution in [0.2, 0.25) is 0 Å². The molecule has 1 N–H and O–H groups in total. The van der Waals surface area contributed by atoms with E-state index in [1.54, 1.807) is 35.5 Å². The minimum atomic E-state index is -0.394. The first kappa shape index (κ1) is 17.6. The van der Waals surface area contributed by atoms with Gasteiger partial charge < -0.3 is 10.2 Å². The molecule has 24 heavy (non-hydrogen) atoms. The smallest absolute Gasteiger partial charge is 0.224 e. The van der Waals surface area contributed by atoms with Crippen molar-refractivity contribution in [2.75, 3.05) is 13.1 Å². The first-order valence-corrected chi connectivity index (χ1v) is 7.71. The Labute approximate surface area is 140 Å². The fourth-order valence-corrected chi connectivity index (χ4v) is 2.27. The van der Waals surface area contributed by atoms with Crippen LogP contribution in [0.5, 0.6) is 0 Å². The number of amides is 2. The second-order valence-electron chi connectivity index (χ2n) is 5.42. The van der Waals surface area contributed by atoms with Gasteiger partial charge in [0.1, 0.15) is 5.82 Å². The number of carbonyl (C=O) groups excluding carboxylic acids is 2. The molecule has 2 rings (SSSR count). The monoisotopic (exact) mass is 329 g/mol. The van der Waals surface area contributed by atoms with Gasteiger partial charge in [0.05, 0.1) is 6.42 Å². The normalized spacial score (nSPS) is 10.2. The summed E-state index contributed by atoms with van der Waals surface area (Å²) < 4.78 is 13.5. The number of hydrogen-bond acceptors (Lipinski definition) is 3. The van der Waals surface area contributed by atoms with Gasteiger partial charge in [0.2, 0.25) is 11.8 Å². The fraction of sp³-hybridized carbons (Fsp3) is 0.278. The van der Waals surface area contributed by atoms with Crippen molar-refractivity contribution in [3.8, 4) is 0 Å². The van der Waals surface area contributed by atoms with E-state index in [1.807, 2.05) is 12.1 Å². The Bertz CT molecular complexity index is 692. The molecule has 0 fully saturated rings. The van der Waals surface area contributed by atoms with Crippen LogP contribution in [-0.2, 0) is 22.6 Å². The summed E-state index contributed by atoms with van der Waals surface area (Å²) in [5.41, 5.74) is 1.28. The second kappa shape index (κ2) is 8.76. The fourth-order valence-electron chi connectivity index (χ4n) is 2.27.